The van der Waals surface area contributed by atoms with Gasteiger partial charge in [0.05, 0.1) is 12.8 Å². The Balaban J connectivity index is 2.85. The van der Waals surface area contributed by atoms with Crippen LogP contribution in [-0.2, 0) is 6.42 Å². The highest BCUT2D eigenvalue weighted by molar-refractivity contribution is 9.09. The standard InChI is InChI=1S/C11H16BrNO/c1-11(2,8-12)7-9-10(14-3)5-4-6-13-9/h4-6H,7-8H2,1-3H3. The van der Waals surface area contributed by atoms with Gasteiger partial charge < -0.3 is 4.74 Å². The van der Waals surface area contributed by atoms with Crippen molar-refractivity contribution in [1.29, 1.82) is 0 Å². The van der Waals surface area contributed by atoms with Gasteiger partial charge in [-0.05, 0) is 24.0 Å². The second-order valence-electron chi connectivity index (χ2n) is 4.13. The molecule has 0 aliphatic rings. The molecule has 0 atom stereocenters. The third-order valence-electron chi connectivity index (χ3n) is 2.08. The first kappa shape index (κ1) is 11.5. The Hall–Kier alpha value is -0.570. The van der Waals surface area contributed by atoms with Crippen molar-refractivity contribution in [3.63, 3.8) is 0 Å². The van der Waals surface area contributed by atoms with E-state index < -0.39 is 0 Å². The first-order valence-corrected chi connectivity index (χ1v) is 5.75. The van der Waals surface area contributed by atoms with Crippen molar-refractivity contribution in [2.45, 2.75) is 20.3 Å². The predicted octanol–water partition coefficient (Wildman–Crippen LogP) is 3.05. The van der Waals surface area contributed by atoms with Gasteiger partial charge >= 0.3 is 0 Å². The van der Waals surface area contributed by atoms with Gasteiger partial charge in [0.25, 0.3) is 0 Å². The summed E-state index contributed by atoms with van der Waals surface area (Å²) in [5.41, 5.74) is 1.24. The number of hydrogen-bond donors (Lipinski definition) is 0. The zero-order chi connectivity index (χ0) is 10.6. The molecule has 1 heterocycles. The minimum atomic E-state index is 0.210. The summed E-state index contributed by atoms with van der Waals surface area (Å²) in [6.45, 7) is 4.41. The van der Waals surface area contributed by atoms with Crippen molar-refractivity contribution < 1.29 is 4.74 Å². The van der Waals surface area contributed by atoms with E-state index in [1.165, 1.54) is 0 Å². The van der Waals surface area contributed by atoms with E-state index in [1.54, 1.807) is 7.11 Å². The van der Waals surface area contributed by atoms with Crippen LogP contribution in [0.5, 0.6) is 5.75 Å². The van der Waals surface area contributed by atoms with Gasteiger partial charge in [0.2, 0.25) is 0 Å². The van der Waals surface area contributed by atoms with Gasteiger partial charge in [0, 0.05) is 11.5 Å². The highest BCUT2D eigenvalue weighted by atomic mass is 79.9. The van der Waals surface area contributed by atoms with Crippen LogP contribution in [0.1, 0.15) is 19.5 Å². The molecule has 0 aliphatic heterocycles. The fraction of sp³-hybridized carbons (Fsp3) is 0.545. The summed E-state index contributed by atoms with van der Waals surface area (Å²) in [5, 5.41) is 0.958. The number of aromatic nitrogens is 1. The van der Waals surface area contributed by atoms with Crippen LogP contribution in [0.3, 0.4) is 0 Å². The molecule has 2 nitrogen and oxygen atoms in total. The molecule has 3 heteroatoms. The molecule has 0 amide bonds. The van der Waals surface area contributed by atoms with Gasteiger partial charge in [-0.2, -0.15) is 0 Å². The topological polar surface area (TPSA) is 22.1 Å². The van der Waals surface area contributed by atoms with Gasteiger partial charge in [-0.25, -0.2) is 0 Å². The lowest BCUT2D eigenvalue weighted by Crippen LogP contribution is -2.17. The van der Waals surface area contributed by atoms with E-state index in [0.717, 1.165) is 23.2 Å². The second kappa shape index (κ2) is 4.78. The van der Waals surface area contributed by atoms with Gasteiger partial charge in [-0.1, -0.05) is 29.8 Å². The molecule has 0 N–H and O–H groups in total. The molecule has 0 unspecified atom stereocenters. The maximum Gasteiger partial charge on any atom is 0.140 e. The van der Waals surface area contributed by atoms with Gasteiger partial charge in [-0.15, -0.1) is 0 Å². The van der Waals surface area contributed by atoms with Crippen molar-refractivity contribution in [1.82, 2.24) is 4.98 Å². The molecule has 0 radical (unpaired) electrons. The SMILES string of the molecule is COc1cccnc1CC(C)(C)CBr. The summed E-state index contributed by atoms with van der Waals surface area (Å²) < 4.78 is 5.26. The maximum atomic E-state index is 5.26. The summed E-state index contributed by atoms with van der Waals surface area (Å²) in [4.78, 5) is 4.34. The number of alkyl halides is 1. The molecule has 0 spiro atoms. The van der Waals surface area contributed by atoms with Crippen molar-refractivity contribution in [2.75, 3.05) is 12.4 Å². The second-order valence-corrected chi connectivity index (χ2v) is 4.69. The van der Waals surface area contributed by atoms with E-state index in [1.807, 2.05) is 18.3 Å². The van der Waals surface area contributed by atoms with E-state index in [2.05, 4.69) is 34.8 Å². The third kappa shape index (κ3) is 2.98. The Morgan fingerprint density at radius 1 is 1.50 bits per heavy atom. The van der Waals surface area contributed by atoms with Crippen LogP contribution in [0.4, 0.5) is 0 Å². The molecule has 1 rings (SSSR count). The number of halogens is 1. The van der Waals surface area contributed by atoms with Gasteiger partial charge in [-0.3, -0.25) is 4.98 Å². The van der Waals surface area contributed by atoms with Crippen LogP contribution in [-0.4, -0.2) is 17.4 Å². The van der Waals surface area contributed by atoms with Crippen LogP contribution < -0.4 is 4.74 Å². The first-order chi connectivity index (χ1) is 6.59. The number of methoxy groups -OCH3 is 1. The van der Waals surface area contributed by atoms with Crippen LogP contribution >= 0.6 is 15.9 Å². The first-order valence-electron chi connectivity index (χ1n) is 4.63. The predicted molar refractivity (Wildman–Crippen MR) is 62.1 cm³/mol. The quantitative estimate of drug-likeness (QED) is 0.774. The summed E-state index contributed by atoms with van der Waals surface area (Å²) in [7, 11) is 1.68. The molecular formula is C11H16BrNO. The Labute approximate surface area is 93.8 Å². The lowest BCUT2D eigenvalue weighted by Gasteiger charge is -2.21. The summed E-state index contributed by atoms with van der Waals surface area (Å²) >= 11 is 3.51. The maximum absolute atomic E-state index is 5.26. The Kier molecular flexibility index (Phi) is 3.93. The lowest BCUT2D eigenvalue weighted by molar-refractivity contribution is 0.378. The van der Waals surface area contributed by atoms with E-state index >= 15 is 0 Å². The molecular weight excluding hydrogens is 242 g/mol. The monoisotopic (exact) mass is 257 g/mol. The molecule has 0 saturated carbocycles. The summed E-state index contributed by atoms with van der Waals surface area (Å²) in [6.07, 6.45) is 2.73. The normalized spacial score (nSPS) is 11.4. The fourth-order valence-corrected chi connectivity index (χ4v) is 1.44. The van der Waals surface area contributed by atoms with Crippen molar-refractivity contribution in [2.24, 2.45) is 5.41 Å². The van der Waals surface area contributed by atoms with Crippen molar-refractivity contribution in [3.8, 4) is 5.75 Å². The highest BCUT2D eigenvalue weighted by Crippen LogP contribution is 2.27. The number of rotatable bonds is 4. The summed E-state index contributed by atoms with van der Waals surface area (Å²) in [5.74, 6) is 0.876. The average Bonchev–Trinajstić information content (AvgIpc) is 2.18. The number of pyridine rings is 1. The Bertz CT molecular complexity index is 299. The van der Waals surface area contributed by atoms with E-state index in [4.69, 9.17) is 4.74 Å². The zero-order valence-corrected chi connectivity index (χ0v) is 10.5. The zero-order valence-electron chi connectivity index (χ0n) is 8.88. The van der Waals surface area contributed by atoms with Gasteiger partial charge in [0.15, 0.2) is 0 Å². The number of hydrogen-bond acceptors (Lipinski definition) is 2. The minimum Gasteiger partial charge on any atom is -0.495 e. The molecule has 78 valence electrons. The third-order valence-corrected chi connectivity index (χ3v) is 3.59. The highest BCUT2D eigenvalue weighted by Gasteiger charge is 2.19. The Morgan fingerprint density at radius 3 is 2.79 bits per heavy atom. The molecule has 0 saturated heterocycles. The van der Waals surface area contributed by atoms with Crippen molar-refractivity contribution >= 4 is 15.9 Å². The van der Waals surface area contributed by atoms with Crippen LogP contribution in [0.15, 0.2) is 18.3 Å². The fourth-order valence-electron chi connectivity index (χ4n) is 1.24. The largest absolute Gasteiger partial charge is 0.495 e. The molecule has 0 aromatic carbocycles. The van der Waals surface area contributed by atoms with E-state index in [0.29, 0.717) is 0 Å². The van der Waals surface area contributed by atoms with E-state index in [9.17, 15) is 0 Å². The van der Waals surface area contributed by atoms with Crippen LogP contribution in [0.2, 0.25) is 0 Å². The number of nitrogens with zero attached hydrogens (tertiary/aromatic N) is 1. The molecule has 0 bridgehead atoms. The van der Waals surface area contributed by atoms with Crippen LogP contribution in [0, 0.1) is 5.41 Å². The molecule has 0 aliphatic carbocycles. The molecule has 1 aromatic heterocycles. The Morgan fingerprint density at radius 2 is 2.21 bits per heavy atom. The van der Waals surface area contributed by atoms with Crippen LogP contribution in [0.25, 0.3) is 0 Å². The number of ether oxygens (including phenoxy) is 1. The molecule has 0 fully saturated rings. The summed E-state index contributed by atoms with van der Waals surface area (Å²) in [6, 6.07) is 3.84. The van der Waals surface area contributed by atoms with Gasteiger partial charge in [0.1, 0.15) is 5.75 Å². The smallest absolute Gasteiger partial charge is 0.140 e. The average molecular weight is 258 g/mol. The lowest BCUT2D eigenvalue weighted by atomic mass is 9.90. The molecule has 14 heavy (non-hydrogen) atoms. The molecule has 1 aromatic rings. The van der Waals surface area contributed by atoms with E-state index in [-0.39, 0.29) is 5.41 Å². The minimum absolute atomic E-state index is 0.210. The van der Waals surface area contributed by atoms with Crippen molar-refractivity contribution in [3.05, 3.63) is 24.0 Å².